The second-order valence-electron chi connectivity index (χ2n) is 7.16. The lowest BCUT2D eigenvalue weighted by molar-refractivity contribution is -0.124. The predicted molar refractivity (Wildman–Crippen MR) is 103 cm³/mol. The fourth-order valence-electron chi connectivity index (χ4n) is 3.89. The van der Waals surface area contributed by atoms with Crippen LogP contribution in [0.25, 0.3) is 10.8 Å². The quantitative estimate of drug-likeness (QED) is 0.853. The number of nitrogens with one attached hydrogen (secondary N) is 1. The first-order valence-electron chi connectivity index (χ1n) is 9.46. The Balaban J connectivity index is 1.52. The van der Waals surface area contributed by atoms with Gasteiger partial charge in [0.05, 0.1) is 11.0 Å². The van der Waals surface area contributed by atoms with Crippen LogP contribution in [-0.4, -0.2) is 50.5 Å². The van der Waals surface area contributed by atoms with E-state index in [-0.39, 0.29) is 16.9 Å². The van der Waals surface area contributed by atoms with Crippen LogP contribution in [0.3, 0.4) is 0 Å². The summed E-state index contributed by atoms with van der Waals surface area (Å²) in [5, 5.41) is 4.74. The van der Waals surface area contributed by atoms with Crippen LogP contribution in [0, 0.1) is 0 Å². The highest BCUT2D eigenvalue weighted by Crippen LogP contribution is 2.28. The molecule has 4 rings (SSSR count). The molecule has 2 aromatic rings. The van der Waals surface area contributed by atoms with Crippen LogP contribution in [0.2, 0.25) is 0 Å². The molecule has 0 spiro atoms. The molecule has 7 heteroatoms. The monoisotopic (exact) mass is 388 g/mol. The molecule has 2 heterocycles. The van der Waals surface area contributed by atoms with Crippen LogP contribution in [-0.2, 0) is 19.6 Å². The molecule has 2 aromatic carbocycles. The van der Waals surface area contributed by atoms with Crippen molar-refractivity contribution in [2.75, 3.05) is 19.7 Å². The number of amides is 1. The van der Waals surface area contributed by atoms with Crippen molar-refractivity contribution in [3.63, 3.8) is 0 Å². The highest BCUT2D eigenvalue weighted by atomic mass is 32.2. The number of rotatable bonds is 5. The number of nitrogens with zero attached hydrogens (tertiary/aromatic N) is 1. The largest absolute Gasteiger partial charge is 0.376 e. The number of carbonyl (C=O) groups is 1. The zero-order chi connectivity index (χ0) is 18.9. The van der Waals surface area contributed by atoms with E-state index in [0.717, 1.165) is 30.2 Å². The van der Waals surface area contributed by atoms with Crippen LogP contribution in [0.5, 0.6) is 0 Å². The third-order valence-corrected chi connectivity index (χ3v) is 7.27. The van der Waals surface area contributed by atoms with E-state index in [9.17, 15) is 13.2 Å². The maximum Gasteiger partial charge on any atom is 0.243 e. The maximum absolute atomic E-state index is 13.2. The number of carbonyl (C=O) groups excluding carboxylic acids is 1. The molecule has 2 aliphatic rings. The van der Waals surface area contributed by atoms with Gasteiger partial charge in [-0.1, -0.05) is 30.3 Å². The minimum atomic E-state index is -3.72. The Morgan fingerprint density at radius 1 is 1.11 bits per heavy atom. The van der Waals surface area contributed by atoms with Crippen molar-refractivity contribution in [2.45, 2.75) is 42.7 Å². The summed E-state index contributed by atoms with van der Waals surface area (Å²) in [7, 11) is -3.72. The molecule has 2 unspecified atom stereocenters. The first-order chi connectivity index (χ1) is 13.1. The normalized spacial score (nSPS) is 23.7. The summed E-state index contributed by atoms with van der Waals surface area (Å²) in [5.41, 5.74) is 0. The summed E-state index contributed by atoms with van der Waals surface area (Å²) in [6, 6.07) is 12.1. The van der Waals surface area contributed by atoms with Crippen molar-refractivity contribution < 1.29 is 17.9 Å². The molecular weight excluding hydrogens is 364 g/mol. The molecule has 2 saturated heterocycles. The number of sulfonamides is 1. The third-order valence-electron chi connectivity index (χ3n) is 5.36. The van der Waals surface area contributed by atoms with Gasteiger partial charge in [0.15, 0.2) is 0 Å². The second kappa shape index (κ2) is 7.58. The average Bonchev–Trinajstić information content (AvgIpc) is 3.37. The zero-order valence-electron chi connectivity index (χ0n) is 15.1. The lowest BCUT2D eigenvalue weighted by Gasteiger charge is -2.24. The molecule has 2 aliphatic heterocycles. The molecule has 2 fully saturated rings. The second-order valence-corrected chi connectivity index (χ2v) is 9.05. The highest BCUT2D eigenvalue weighted by molar-refractivity contribution is 7.89. The van der Waals surface area contributed by atoms with Gasteiger partial charge in [-0.05, 0) is 48.6 Å². The van der Waals surface area contributed by atoms with Crippen molar-refractivity contribution in [3.05, 3.63) is 42.5 Å². The van der Waals surface area contributed by atoms with E-state index in [4.69, 9.17) is 4.74 Å². The molecule has 0 radical (unpaired) electrons. The summed E-state index contributed by atoms with van der Waals surface area (Å²) in [5.74, 6) is -0.229. The van der Waals surface area contributed by atoms with Crippen molar-refractivity contribution in [1.29, 1.82) is 0 Å². The molecule has 6 nitrogen and oxygen atoms in total. The predicted octanol–water partition coefficient (Wildman–Crippen LogP) is 2.29. The number of hydrogen-bond donors (Lipinski definition) is 1. The lowest BCUT2D eigenvalue weighted by Crippen LogP contribution is -2.47. The number of fused-ring (bicyclic) bond motifs is 1. The minimum absolute atomic E-state index is 0.0425. The molecule has 144 valence electrons. The first kappa shape index (κ1) is 18.4. The Morgan fingerprint density at radius 2 is 1.93 bits per heavy atom. The maximum atomic E-state index is 13.2. The number of benzene rings is 2. The topological polar surface area (TPSA) is 75.7 Å². The number of hydrogen-bond acceptors (Lipinski definition) is 4. The highest BCUT2D eigenvalue weighted by Gasteiger charge is 2.39. The van der Waals surface area contributed by atoms with E-state index >= 15 is 0 Å². The Morgan fingerprint density at radius 3 is 2.70 bits per heavy atom. The van der Waals surface area contributed by atoms with Crippen molar-refractivity contribution >= 4 is 26.7 Å². The van der Waals surface area contributed by atoms with Crippen molar-refractivity contribution in [1.82, 2.24) is 9.62 Å². The Labute approximate surface area is 159 Å². The minimum Gasteiger partial charge on any atom is -0.376 e. The van der Waals surface area contributed by atoms with Crippen LogP contribution >= 0.6 is 0 Å². The molecule has 27 heavy (non-hydrogen) atoms. The van der Waals surface area contributed by atoms with Crippen molar-refractivity contribution in [3.8, 4) is 0 Å². The van der Waals surface area contributed by atoms with Crippen molar-refractivity contribution in [2.24, 2.45) is 0 Å². The summed E-state index contributed by atoms with van der Waals surface area (Å²) < 4.78 is 33.2. The van der Waals surface area contributed by atoms with E-state index in [1.165, 1.54) is 4.31 Å². The van der Waals surface area contributed by atoms with Crippen LogP contribution in [0.15, 0.2) is 47.4 Å². The molecule has 1 N–H and O–H groups in total. The zero-order valence-corrected chi connectivity index (χ0v) is 16.0. The third kappa shape index (κ3) is 3.72. The van der Waals surface area contributed by atoms with Gasteiger partial charge in [0, 0.05) is 19.7 Å². The molecular formula is C20H24N2O4S. The van der Waals surface area contributed by atoms with E-state index in [1.807, 2.05) is 30.3 Å². The average molecular weight is 388 g/mol. The Kier molecular flexibility index (Phi) is 5.16. The van der Waals surface area contributed by atoms with Gasteiger partial charge in [0.2, 0.25) is 15.9 Å². The van der Waals surface area contributed by atoms with Gasteiger partial charge < -0.3 is 10.1 Å². The Hall–Kier alpha value is -1.96. The van der Waals surface area contributed by atoms with Gasteiger partial charge >= 0.3 is 0 Å². The van der Waals surface area contributed by atoms with Gasteiger partial charge in [-0.2, -0.15) is 4.31 Å². The van der Waals surface area contributed by atoms with Crippen LogP contribution < -0.4 is 5.32 Å². The van der Waals surface area contributed by atoms with E-state index < -0.39 is 16.1 Å². The summed E-state index contributed by atoms with van der Waals surface area (Å²) in [6.45, 7) is 1.54. The Bertz CT molecular complexity index is 938. The van der Waals surface area contributed by atoms with E-state index in [2.05, 4.69) is 5.32 Å². The molecule has 2 atom stereocenters. The standard InChI is InChI=1S/C20H24N2O4S/c23-20(21-14-17-7-4-12-26-17)19-8-3-11-22(19)27(24,25)18-10-9-15-5-1-2-6-16(15)13-18/h1-2,5-6,9-10,13,17,19H,3-4,7-8,11-12,14H2,(H,21,23). The van der Waals surface area contributed by atoms with Gasteiger partial charge in [-0.25, -0.2) is 8.42 Å². The molecule has 0 aromatic heterocycles. The van der Waals surface area contributed by atoms with E-state index in [0.29, 0.717) is 25.9 Å². The smallest absolute Gasteiger partial charge is 0.243 e. The van der Waals surface area contributed by atoms with Gasteiger partial charge in [0.25, 0.3) is 0 Å². The summed E-state index contributed by atoms with van der Waals surface area (Å²) in [4.78, 5) is 12.9. The fourth-order valence-corrected chi connectivity index (χ4v) is 5.58. The first-order valence-corrected chi connectivity index (χ1v) is 10.9. The number of ether oxygens (including phenoxy) is 1. The van der Waals surface area contributed by atoms with Gasteiger partial charge in [-0.3, -0.25) is 4.79 Å². The summed E-state index contributed by atoms with van der Waals surface area (Å²) in [6.07, 6.45) is 3.21. The molecule has 1 amide bonds. The van der Waals surface area contributed by atoms with Gasteiger partial charge in [-0.15, -0.1) is 0 Å². The molecule has 0 aliphatic carbocycles. The lowest BCUT2D eigenvalue weighted by atomic mass is 10.1. The van der Waals surface area contributed by atoms with Crippen LogP contribution in [0.4, 0.5) is 0 Å². The SMILES string of the molecule is O=C(NCC1CCCO1)C1CCCN1S(=O)(=O)c1ccc2ccccc2c1. The molecule has 0 bridgehead atoms. The van der Waals surface area contributed by atoms with Crippen LogP contribution in [0.1, 0.15) is 25.7 Å². The fraction of sp³-hybridized carbons (Fsp3) is 0.450. The molecule has 0 saturated carbocycles. The van der Waals surface area contributed by atoms with E-state index in [1.54, 1.807) is 12.1 Å². The summed E-state index contributed by atoms with van der Waals surface area (Å²) >= 11 is 0. The van der Waals surface area contributed by atoms with Gasteiger partial charge in [0.1, 0.15) is 6.04 Å².